The normalized spacial score (nSPS) is 10.6. The lowest BCUT2D eigenvalue weighted by molar-refractivity contribution is 0.572. The molecule has 0 radical (unpaired) electrons. The van der Waals surface area contributed by atoms with E-state index in [1.165, 1.54) is 11.1 Å². The molecule has 1 heterocycles. The van der Waals surface area contributed by atoms with E-state index in [4.69, 9.17) is 10.2 Å². The van der Waals surface area contributed by atoms with Gasteiger partial charge >= 0.3 is 0 Å². The van der Waals surface area contributed by atoms with Gasteiger partial charge in [0.2, 0.25) is 5.89 Å². The quantitative estimate of drug-likeness (QED) is 0.813. The molecule has 0 atom stereocenters. The van der Waals surface area contributed by atoms with E-state index in [1.807, 2.05) is 6.07 Å². The number of nitrogens with two attached hydrogens (primary N) is 1. The van der Waals surface area contributed by atoms with Crippen LogP contribution < -0.4 is 5.73 Å². The molecule has 0 unspecified atom stereocenters. The summed E-state index contributed by atoms with van der Waals surface area (Å²) in [6, 6.07) is 6.13. The molecule has 15 heavy (non-hydrogen) atoms. The number of hydrogen-bond acceptors (Lipinski definition) is 3. The highest BCUT2D eigenvalue weighted by molar-refractivity contribution is 5.63. The monoisotopic (exact) mass is 202 g/mol. The van der Waals surface area contributed by atoms with E-state index in [1.54, 1.807) is 6.26 Å². The SMILES string of the molecule is Cc1cccc(C)c1-c1nc(CN)co1. The van der Waals surface area contributed by atoms with Crippen LogP contribution in [0.25, 0.3) is 11.5 Å². The molecule has 2 rings (SSSR count). The van der Waals surface area contributed by atoms with Crippen LogP contribution in [0.5, 0.6) is 0 Å². The lowest BCUT2D eigenvalue weighted by Gasteiger charge is -2.04. The summed E-state index contributed by atoms with van der Waals surface area (Å²) >= 11 is 0. The Morgan fingerprint density at radius 2 is 1.93 bits per heavy atom. The van der Waals surface area contributed by atoms with Gasteiger partial charge in [0.05, 0.1) is 5.69 Å². The van der Waals surface area contributed by atoms with Crippen molar-refractivity contribution >= 4 is 0 Å². The Hall–Kier alpha value is -1.61. The molecule has 0 amide bonds. The van der Waals surface area contributed by atoms with Crippen molar-refractivity contribution in [2.24, 2.45) is 5.73 Å². The van der Waals surface area contributed by atoms with E-state index in [9.17, 15) is 0 Å². The molecule has 0 bridgehead atoms. The minimum atomic E-state index is 0.411. The molecular formula is C12H14N2O. The van der Waals surface area contributed by atoms with Crippen LogP contribution in [0.1, 0.15) is 16.8 Å². The smallest absolute Gasteiger partial charge is 0.226 e. The zero-order chi connectivity index (χ0) is 10.8. The van der Waals surface area contributed by atoms with Crippen molar-refractivity contribution < 1.29 is 4.42 Å². The highest BCUT2D eigenvalue weighted by atomic mass is 16.3. The molecule has 0 saturated heterocycles. The second kappa shape index (κ2) is 3.87. The van der Waals surface area contributed by atoms with E-state index >= 15 is 0 Å². The summed E-state index contributed by atoms with van der Waals surface area (Å²) in [5, 5.41) is 0. The summed E-state index contributed by atoms with van der Waals surface area (Å²) in [5.74, 6) is 0.658. The molecule has 0 saturated carbocycles. The fraction of sp³-hybridized carbons (Fsp3) is 0.250. The molecule has 1 aromatic heterocycles. The van der Waals surface area contributed by atoms with Crippen molar-refractivity contribution in [3.8, 4) is 11.5 Å². The number of benzene rings is 1. The number of oxazole rings is 1. The third-order valence-electron chi connectivity index (χ3n) is 2.46. The van der Waals surface area contributed by atoms with Crippen molar-refractivity contribution in [1.82, 2.24) is 4.98 Å². The van der Waals surface area contributed by atoms with Crippen LogP contribution >= 0.6 is 0 Å². The maximum absolute atomic E-state index is 5.49. The zero-order valence-electron chi connectivity index (χ0n) is 8.95. The van der Waals surface area contributed by atoms with Gasteiger partial charge in [-0.05, 0) is 25.0 Å². The summed E-state index contributed by atoms with van der Waals surface area (Å²) in [6.07, 6.45) is 1.61. The summed E-state index contributed by atoms with van der Waals surface area (Å²) < 4.78 is 5.41. The van der Waals surface area contributed by atoms with E-state index in [2.05, 4.69) is 31.0 Å². The largest absolute Gasteiger partial charge is 0.444 e. The number of aryl methyl sites for hydroxylation is 2. The van der Waals surface area contributed by atoms with Gasteiger partial charge in [0.1, 0.15) is 6.26 Å². The van der Waals surface area contributed by atoms with Gasteiger partial charge in [-0.1, -0.05) is 18.2 Å². The number of aromatic nitrogens is 1. The third kappa shape index (κ3) is 1.78. The predicted octanol–water partition coefficient (Wildman–Crippen LogP) is 2.42. The molecule has 3 heteroatoms. The van der Waals surface area contributed by atoms with E-state index in [0.717, 1.165) is 11.3 Å². The van der Waals surface area contributed by atoms with Gasteiger partial charge in [0.25, 0.3) is 0 Å². The molecule has 0 aliphatic heterocycles. The topological polar surface area (TPSA) is 52.0 Å². The standard InChI is InChI=1S/C12H14N2O/c1-8-4-3-5-9(2)11(8)12-14-10(6-13)7-15-12/h3-5,7H,6,13H2,1-2H3. The maximum atomic E-state index is 5.49. The van der Waals surface area contributed by atoms with Crippen LogP contribution in [0.15, 0.2) is 28.9 Å². The van der Waals surface area contributed by atoms with E-state index in [-0.39, 0.29) is 0 Å². The van der Waals surface area contributed by atoms with E-state index < -0.39 is 0 Å². The number of rotatable bonds is 2. The maximum Gasteiger partial charge on any atom is 0.226 e. The fourth-order valence-electron chi connectivity index (χ4n) is 1.67. The van der Waals surface area contributed by atoms with Gasteiger partial charge in [-0.25, -0.2) is 4.98 Å². The number of nitrogens with zero attached hydrogens (tertiary/aromatic N) is 1. The Kier molecular flexibility index (Phi) is 2.56. The summed E-state index contributed by atoms with van der Waals surface area (Å²) in [6.45, 7) is 4.51. The Labute approximate surface area is 88.9 Å². The van der Waals surface area contributed by atoms with Gasteiger partial charge < -0.3 is 10.2 Å². The molecule has 1 aromatic carbocycles. The van der Waals surface area contributed by atoms with Crippen molar-refractivity contribution in [3.05, 3.63) is 41.3 Å². The first-order chi connectivity index (χ1) is 7.22. The zero-order valence-corrected chi connectivity index (χ0v) is 8.95. The van der Waals surface area contributed by atoms with E-state index in [0.29, 0.717) is 12.4 Å². The molecule has 0 aliphatic carbocycles. The van der Waals surface area contributed by atoms with Crippen LogP contribution in [-0.4, -0.2) is 4.98 Å². The molecule has 0 spiro atoms. The first-order valence-corrected chi connectivity index (χ1v) is 4.93. The van der Waals surface area contributed by atoms with Crippen LogP contribution in [0, 0.1) is 13.8 Å². The molecule has 0 fully saturated rings. The minimum Gasteiger partial charge on any atom is -0.444 e. The molecule has 2 N–H and O–H groups in total. The molecule has 78 valence electrons. The average molecular weight is 202 g/mol. The highest BCUT2D eigenvalue weighted by Gasteiger charge is 2.10. The second-order valence-corrected chi connectivity index (χ2v) is 3.61. The summed E-state index contributed by atoms with van der Waals surface area (Å²) in [4.78, 5) is 4.33. The van der Waals surface area contributed by atoms with Gasteiger partial charge in [-0.2, -0.15) is 0 Å². The average Bonchev–Trinajstić information content (AvgIpc) is 2.66. The lowest BCUT2D eigenvalue weighted by atomic mass is 10.0. The Morgan fingerprint density at radius 1 is 1.27 bits per heavy atom. The Bertz CT molecular complexity index is 454. The minimum absolute atomic E-state index is 0.411. The van der Waals surface area contributed by atoms with Gasteiger partial charge in [-0.15, -0.1) is 0 Å². The molecule has 2 aromatic rings. The van der Waals surface area contributed by atoms with Crippen LogP contribution in [-0.2, 0) is 6.54 Å². The molecule has 0 aliphatic rings. The van der Waals surface area contributed by atoms with Crippen molar-refractivity contribution in [3.63, 3.8) is 0 Å². The van der Waals surface area contributed by atoms with Crippen LogP contribution in [0.2, 0.25) is 0 Å². The summed E-state index contributed by atoms with van der Waals surface area (Å²) in [7, 11) is 0. The highest BCUT2D eigenvalue weighted by Crippen LogP contribution is 2.26. The van der Waals surface area contributed by atoms with Gasteiger partial charge in [0.15, 0.2) is 0 Å². The predicted molar refractivity (Wildman–Crippen MR) is 59.3 cm³/mol. The Balaban J connectivity index is 2.53. The summed E-state index contributed by atoms with van der Waals surface area (Å²) in [5.41, 5.74) is 9.68. The van der Waals surface area contributed by atoms with Crippen LogP contribution in [0.3, 0.4) is 0 Å². The number of hydrogen-bond donors (Lipinski definition) is 1. The first-order valence-electron chi connectivity index (χ1n) is 4.93. The van der Waals surface area contributed by atoms with Gasteiger partial charge in [0, 0.05) is 12.1 Å². The van der Waals surface area contributed by atoms with Crippen LogP contribution in [0.4, 0.5) is 0 Å². The molecular weight excluding hydrogens is 188 g/mol. The first kappa shape index (κ1) is 9.93. The van der Waals surface area contributed by atoms with Crippen molar-refractivity contribution in [2.75, 3.05) is 0 Å². The third-order valence-corrected chi connectivity index (χ3v) is 2.46. The lowest BCUT2D eigenvalue weighted by Crippen LogP contribution is -1.96. The molecule has 3 nitrogen and oxygen atoms in total. The second-order valence-electron chi connectivity index (χ2n) is 3.61. The van der Waals surface area contributed by atoms with Crippen molar-refractivity contribution in [1.29, 1.82) is 0 Å². The van der Waals surface area contributed by atoms with Gasteiger partial charge in [-0.3, -0.25) is 0 Å². The van der Waals surface area contributed by atoms with Crippen molar-refractivity contribution in [2.45, 2.75) is 20.4 Å². The Morgan fingerprint density at radius 3 is 2.47 bits per heavy atom. The fourth-order valence-corrected chi connectivity index (χ4v) is 1.67.